The van der Waals surface area contributed by atoms with Crippen LogP contribution >= 0.6 is 11.3 Å². The molecule has 0 radical (unpaired) electrons. The summed E-state index contributed by atoms with van der Waals surface area (Å²) in [6.45, 7) is 0. The van der Waals surface area contributed by atoms with E-state index in [0.29, 0.717) is 17.5 Å². The summed E-state index contributed by atoms with van der Waals surface area (Å²) in [5.74, 6) is 1.95. The molecule has 0 fully saturated rings. The van der Waals surface area contributed by atoms with Crippen molar-refractivity contribution in [2.45, 2.75) is 0 Å². The molecule has 0 aliphatic rings. The summed E-state index contributed by atoms with van der Waals surface area (Å²) < 4.78 is 11.6. The van der Waals surface area contributed by atoms with E-state index in [9.17, 15) is 0 Å². The Kier molecular flexibility index (Phi) is 7.03. The fraction of sp³-hybridized carbons (Fsp3) is 0. The molecule has 0 amide bonds. The van der Waals surface area contributed by atoms with Gasteiger partial charge in [0.15, 0.2) is 23.1 Å². The number of para-hydroxylation sites is 3. The second-order valence-corrected chi connectivity index (χ2v) is 15.5. The molecule has 0 saturated heterocycles. The first-order valence-corrected chi connectivity index (χ1v) is 19.8. The first kappa shape index (κ1) is 31.9. The van der Waals surface area contributed by atoms with Crippen LogP contribution in [0.2, 0.25) is 0 Å². The summed E-state index contributed by atoms with van der Waals surface area (Å²) in [4.78, 5) is 14.9. The van der Waals surface area contributed by atoms with Gasteiger partial charge in [-0.25, -0.2) is 15.0 Å². The van der Waals surface area contributed by atoms with Crippen molar-refractivity contribution in [3.63, 3.8) is 0 Å². The van der Waals surface area contributed by atoms with E-state index in [2.05, 4.69) is 126 Å². The van der Waals surface area contributed by atoms with Crippen molar-refractivity contribution >= 4 is 75.3 Å². The first-order chi connectivity index (χ1) is 28.2. The Morgan fingerprint density at radius 3 is 1.53 bits per heavy atom. The molecule has 8 aromatic carbocycles. The number of hydrogen-bond donors (Lipinski definition) is 0. The van der Waals surface area contributed by atoms with Crippen molar-refractivity contribution in [3.8, 4) is 51.0 Å². The molecule has 0 saturated carbocycles. The summed E-state index contributed by atoms with van der Waals surface area (Å²) >= 11 is 1.80. The van der Waals surface area contributed by atoms with Gasteiger partial charge in [-0.05, 0) is 71.8 Å². The van der Waals surface area contributed by atoms with E-state index in [4.69, 9.17) is 19.4 Å². The van der Waals surface area contributed by atoms with Gasteiger partial charge in [-0.15, -0.1) is 11.3 Å². The molecular weight excluding hydrogens is 717 g/mol. The van der Waals surface area contributed by atoms with Crippen LogP contribution in [0.1, 0.15) is 0 Å². The molecule has 4 aromatic heterocycles. The Bertz CT molecular complexity index is 3420. The van der Waals surface area contributed by atoms with Crippen LogP contribution in [0.5, 0.6) is 0 Å². The van der Waals surface area contributed by atoms with E-state index in [1.165, 1.54) is 30.9 Å². The normalized spacial score (nSPS) is 11.9. The van der Waals surface area contributed by atoms with Crippen molar-refractivity contribution in [3.05, 3.63) is 182 Å². The largest absolute Gasteiger partial charge is 0.454 e. The van der Waals surface area contributed by atoms with Crippen LogP contribution in [0.3, 0.4) is 0 Å². The molecule has 0 N–H and O–H groups in total. The molecule has 12 aromatic rings. The Labute approximate surface area is 330 Å². The highest BCUT2D eigenvalue weighted by atomic mass is 32.1. The zero-order valence-corrected chi connectivity index (χ0v) is 31.2. The molecule has 12 rings (SSSR count). The summed E-state index contributed by atoms with van der Waals surface area (Å²) in [6.07, 6.45) is 0. The molecular formula is C51H30N4OS. The minimum absolute atomic E-state index is 0.649. The number of thiophene rings is 1. The van der Waals surface area contributed by atoms with Gasteiger partial charge < -0.3 is 8.98 Å². The van der Waals surface area contributed by atoms with Gasteiger partial charge in [-0.1, -0.05) is 121 Å². The third-order valence-corrected chi connectivity index (χ3v) is 12.2. The van der Waals surface area contributed by atoms with E-state index in [1.54, 1.807) is 11.3 Å². The summed E-state index contributed by atoms with van der Waals surface area (Å²) in [6, 6.07) is 63.8. The van der Waals surface area contributed by atoms with Crippen molar-refractivity contribution in [2.24, 2.45) is 0 Å². The molecule has 57 heavy (non-hydrogen) atoms. The van der Waals surface area contributed by atoms with E-state index >= 15 is 0 Å². The van der Waals surface area contributed by atoms with Gasteiger partial charge in [0.2, 0.25) is 0 Å². The lowest BCUT2D eigenvalue weighted by Gasteiger charge is -2.08. The Morgan fingerprint density at radius 1 is 0.368 bits per heavy atom. The first-order valence-electron chi connectivity index (χ1n) is 19.0. The van der Waals surface area contributed by atoms with Gasteiger partial charge in [0.1, 0.15) is 5.58 Å². The van der Waals surface area contributed by atoms with Crippen molar-refractivity contribution in [1.29, 1.82) is 0 Å². The molecule has 0 unspecified atom stereocenters. The van der Waals surface area contributed by atoms with Gasteiger partial charge in [-0.2, -0.15) is 0 Å². The number of aromatic nitrogens is 4. The average molecular weight is 747 g/mol. The Hall–Kier alpha value is -7.41. The molecule has 0 bridgehead atoms. The summed E-state index contributed by atoms with van der Waals surface area (Å²) in [5.41, 5.74) is 10.2. The molecule has 5 nitrogen and oxygen atoms in total. The predicted molar refractivity (Wildman–Crippen MR) is 236 cm³/mol. The fourth-order valence-corrected chi connectivity index (χ4v) is 9.42. The molecule has 0 atom stereocenters. The molecule has 266 valence electrons. The fourth-order valence-electron chi connectivity index (χ4n) is 8.35. The van der Waals surface area contributed by atoms with Crippen molar-refractivity contribution < 1.29 is 4.42 Å². The van der Waals surface area contributed by atoms with Crippen LogP contribution in [0.25, 0.3) is 115 Å². The lowest BCUT2D eigenvalue weighted by Crippen LogP contribution is -2.00. The Morgan fingerprint density at radius 2 is 0.877 bits per heavy atom. The summed E-state index contributed by atoms with van der Waals surface area (Å²) in [7, 11) is 0. The number of rotatable bonds is 5. The second-order valence-electron chi connectivity index (χ2n) is 14.4. The number of hydrogen-bond acceptors (Lipinski definition) is 5. The smallest absolute Gasteiger partial charge is 0.164 e. The SMILES string of the molecule is c1ccc(-c2nc(-c3ccccc3)nc(-c3ccc4sc5ccc(-c6ccc7c(c6)oc6c(-n8c9ccccc9c9ccccc98)cccc67)cc5c4c3)n2)cc1. The van der Waals surface area contributed by atoms with Crippen molar-refractivity contribution in [2.75, 3.05) is 0 Å². The average Bonchev–Trinajstić information content (AvgIpc) is 3.95. The topological polar surface area (TPSA) is 56.7 Å². The van der Waals surface area contributed by atoms with Gasteiger partial charge in [-0.3, -0.25) is 0 Å². The van der Waals surface area contributed by atoms with E-state index in [0.717, 1.165) is 66.5 Å². The maximum absolute atomic E-state index is 6.82. The van der Waals surface area contributed by atoms with Gasteiger partial charge in [0, 0.05) is 58.4 Å². The monoisotopic (exact) mass is 746 g/mol. The highest BCUT2D eigenvalue weighted by molar-refractivity contribution is 7.25. The number of nitrogens with zero attached hydrogens (tertiary/aromatic N) is 4. The van der Waals surface area contributed by atoms with E-state index in [1.807, 2.05) is 60.7 Å². The lowest BCUT2D eigenvalue weighted by molar-refractivity contribution is 0.666. The van der Waals surface area contributed by atoms with Crippen LogP contribution in [0.4, 0.5) is 0 Å². The maximum atomic E-state index is 6.82. The van der Waals surface area contributed by atoms with E-state index in [-0.39, 0.29) is 0 Å². The number of benzene rings is 8. The van der Waals surface area contributed by atoms with Crippen molar-refractivity contribution in [1.82, 2.24) is 19.5 Å². The van der Waals surface area contributed by atoms with Gasteiger partial charge in [0.05, 0.1) is 16.7 Å². The van der Waals surface area contributed by atoms with Crippen LogP contribution < -0.4 is 0 Å². The maximum Gasteiger partial charge on any atom is 0.164 e. The molecule has 6 heteroatoms. The minimum atomic E-state index is 0.649. The minimum Gasteiger partial charge on any atom is -0.454 e. The van der Waals surface area contributed by atoms with Gasteiger partial charge >= 0.3 is 0 Å². The zero-order valence-electron chi connectivity index (χ0n) is 30.4. The van der Waals surface area contributed by atoms with Crippen LogP contribution in [-0.4, -0.2) is 19.5 Å². The number of fused-ring (bicyclic) bond motifs is 9. The lowest BCUT2D eigenvalue weighted by atomic mass is 10.0. The zero-order chi connectivity index (χ0) is 37.5. The highest BCUT2D eigenvalue weighted by Crippen LogP contribution is 2.41. The predicted octanol–water partition coefficient (Wildman–Crippen LogP) is 13.9. The molecule has 4 heterocycles. The quantitative estimate of drug-likeness (QED) is 0.176. The van der Waals surface area contributed by atoms with Crippen LogP contribution in [0, 0.1) is 0 Å². The Balaban J connectivity index is 0.976. The molecule has 0 aliphatic carbocycles. The second kappa shape index (κ2) is 12.6. The van der Waals surface area contributed by atoms with Crippen LogP contribution in [-0.2, 0) is 0 Å². The van der Waals surface area contributed by atoms with E-state index < -0.39 is 0 Å². The standard InChI is InChI=1S/C51H30N4OS/c1-3-12-31(13-4-1)49-52-50(32-14-5-2-6-15-32)54-51(53-49)35-24-27-47-41(29-35)40-28-33(23-26-46(40)57-47)34-22-25-38-39-18-11-21-44(48(39)56-45(38)30-34)55-42-19-9-7-16-36(42)37-17-8-10-20-43(37)55/h1-30H. The third kappa shape index (κ3) is 5.12. The van der Waals surface area contributed by atoms with Gasteiger partial charge in [0.25, 0.3) is 0 Å². The summed E-state index contributed by atoms with van der Waals surface area (Å²) in [5, 5.41) is 7.05. The van der Waals surface area contributed by atoms with Crippen LogP contribution in [0.15, 0.2) is 186 Å². The molecule has 0 spiro atoms. The third-order valence-electron chi connectivity index (χ3n) is 11.1. The number of furan rings is 1. The molecule has 0 aliphatic heterocycles. The highest BCUT2D eigenvalue weighted by Gasteiger charge is 2.19.